The van der Waals surface area contributed by atoms with Crippen LogP contribution in [0.1, 0.15) is 35.7 Å². The van der Waals surface area contributed by atoms with E-state index in [1.807, 2.05) is 44.7 Å². The van der Waals surface area contributed by atoms with Gasteiger partial charge >= 0.3 is 0 Å². The van der Waals surface area contributed by atoms with Crippen molar-refractivity contribution in [3.8, 4) is 11.3 Å². The number of carbonyl (C=O) groups is 1. The van der Waals surface area contributed by atoms with Crippen LogP contribution in [0.5, 0.6) is 0 Å². The number of amides is 1. The highest BCUT2D eigenvalue weighted by molar-refractivity contribution is 5.79. The molecule has 4 rings (SSSR count). The summed E-state index contributed by atoms with van der Waals surface area (Å²) in [6, 6.07) is 16.6. The Kier molecular flexibility index (Phi) is 5.38. The van der Waals surface area contributed by atoms with Crippen molar-refractivity contribution in [2.45, 2.75) is 38.8 Å². The maximum Gasteiger partial charge on any atom is 0.224 e. The van der Waals surface area contributed by atoms with E-state index in [1.54, 1.807) is 0 Å². The van der Waals surface area contributed by atoms with Crippen LogP contribution >= 0.6 is 0 Å². The summed E-state index contributed by atoms with van der Waals surface area (Å²) >= 11 is 0. The van der Waals surface area contributed by atoms with Crippen LogP contribution in [-0.2, 0) is 17.8 Å². The molecule has 0 spiro atoms. The van der Waals surface area contributed by atoms with E-state index >= 15 is 0 Å². The molecule has 0 unspecified atom stereocenters. The van der Waals surface area contributed by atoms with Gasteiger partial charge in [0.25, 0.3) is 0 Å². The molecule has 0 saturated heterocycles. The number of nitrogens with one attached hydrogen (secondary N) is 1. The van der Waals surface area contributed by atoms with E-state index in [0.717, 1.165) is 47.6 Å². The van der Waals surface area contributed by atoms with E-state index in [4.69, 9.17) is 4.98 Å². The number of carbonyl (C=O) groups excluding carboxylic acids is 1. The SMILES string of the molecule is Cc1ccc(CC(=O)N[C@H]2CCCn3cnc(-c4ccc(N(C)C)cc4)c32)cc1. The molecule has 1 aliphatic rings. The minimum atomic E-state index is -0.00674. The summed E-state index contributed by atoms with van der Waals surface area (Å²) in [7, 11) is 4.07. The first-order valence-electron chi connectivity index (χ1n) is 10.2. The molecule has 1 atom stereocenters. The summed E-state index contributed by atoms with van der Waals surface area (Å²) in [5, 5.41) is 3.26. The standard InChI is InChI=1S/C24H28N4O/c1-17-6-8-18(9-7-17)15-22(29)26-21-5-4-14-28-16-25-23(24(21)28)19-10-12-20(13-11-19)27(2)3/h6-13,16,21H,4-5,14-15H2,1-3H3,(H,26,29)/t21-/m0/s1. The third-order valence-electron chi connectivity index (χ3n) is 5.58. The zero-order valence-electron chi connectivity index (χ0n) is 17.4. The second kappa shape index (κ2) is 8.11. The fourth-order valence-corrected chi connectivity index (χ4v) is 3.95. The van der Waals surface area contributed by atoms with Gasteiger partial charge in [-0.1, -0.05) is 42.0 Å². The molecule has 1 N–H and O–H groups in total. The first-order chi connectivity index (χ1) is 14.0. The van der Waals surface area contributed by atoms with Gasteiger partial charge in [0.15, 0.2) is 0 Å². The van der Waals surface area contributed by atoms with E-state index in [-0.39, 0.29) is 11.9 Å². The van der Waals surface area contributed by atoms with Gasteiger partial charge in [-0.25, -0.2) is 4.98 Å². The predicted octanol–water partition coefficient (Wildman–Crippen LogP) is 4.12. The third-order valence-corrected chi connectivity index (χ3v) is 5.58. The van der Waals surface area contributed by atoms with Crippen LogP contribution in [0.15, 0.2) is 54.9 Å². The van der Waals surface area contributed by atoms with Crippen LogP contribution in [0.4, 0.5) is 5.69 Å². The number of imidazole rings is 1. The number of hydrogen-bond acceptors (Lipinski definition) is 3. The quantitative estimate of drug-likeness (QED) is 0.715. The van der Waals surface area contributed by atoms with Gasteiger partial charge in [-0.05, 0) is 37.5 Å². The van der Waals surface area contributed by atoms with Crippen molar-refractivity contribution >= 4 is 11.6 Å². The van der Waals surface area contributed by atoms with Crippen molar-refractivity contribution in [1.82, 2.24) is 14.9 Å². The predicted molar refractivity (Wildman–Crippen MR) is 117 cm³/mol. The highest BCUT2D eigenvalue weighted by Crippen LogP contribution is 2.34. The Morgan fingerprint density at radius 2 is 1.86 bits per heavy atom. The summed E-state index contributed by atoms with van der Waals surface area (Å²) < 4.78 is 2.19. The molecular weight excluding hydrogens is 360 g/mol. The molecule has 5 nitrogen and oxygen atoms in total. The van der Waals surface area contributed by atoms with Gasteiger partial charge in [0, 0.05) is 31.9 Å². The minimum Gasteiger partial charge on any atom is -0.378 e. The first kappa shape index (κ1) is 19.2. The van der Waals surface area contributed by atoms with Crippen LogP contribution in [0.3, 0.4) is 0 Å². The van der Waals surface area contributed by atoms with Gasteiger partial charge < -0.3 is 14.8 Å². The number of hydrogen-bond donors (Lipinski definition) is 1. The summed E-state index contributed by atoms with van der Waals surface area (Å²) in [6.45, 7) is 3.00. The Morgan fingerprint density at radius 1 is 1.14 bits per heavy atom. The van der Waals surface area contributed by atoms with E-state index in [0.29, 0.717) is 6.42 Å². The van der Waals surface area contributed by atoms with Crippen molar-refractivity contribution in [3.05, 3.63) is 71.7 Å². The van der Waals surface area contributed by atoms with Crippen molar-refractivity contribution in [2.75, 3.05) is 19.0 Å². The highest BCUT2D eigenvalue weighted by atomic mass is 16.1. The Morgan fingerprint density at radius 3 is 2.55 bits per heavy atom. The second-order valence-electron chi connectivity index (χ2n) is 8.04. The molecule has 0 aliphatic carbocycles. The number of fused-ring (bicyclic) bond motifs is 1. The normalized spacial score (nSPS) is 15.6. The summed E-state index contributed by atoms with van der Waals surface area (Å²) in [6.07, 6.45) is 4.28. The molecule has 0 bridgehead atoms. The van der Waals surface area contributed by atoms with Crippen LogP contribution in [0.2, 0.25) is 0 Å². The Bertz CT molecular complexity index is 987. The molecule has 1 aromatic heterocycles. The summed E-state index contributed by atoms with van der Waals surface area (Å²) in [5.41, 5.74) is 6.57. The van der Waals surface area contributed by atoms with E-state index in [9.17, 15) is 4.79 Å². The van der Waals surface area contributed by atoms with Crippen molar-refractivity contribution in [2.24, 2.45) is 0 Å². The fourth-order valence-electron chi connectivity index (χ4n) is 3.95. The zero-order chi connectivity index (χ0) is 20.4. The molecule has 2 aromatic carbocycles. The number of benzene rings is 2. The van der Waals surface area contributed by atoms with E-state index < -0.39 is 0 Å². The van der Waals surface area contributed by atoms with Crippen LogP contribution in [0.25, 0.3) is 11.3 Å². The maximum absolute atomic E-state index is 12.7. The summed E-state index contributed by atoms with van der Waals surface area (Å²) in [4.78, 5) is 19.5. The topological polar surface area (TPSA) is 50.2 Å². The zero-order valence-corrected chi connectivity index (χ0v) is 17.4. The molecule has 29 heavy (non-hydrogen) atoms. The molecular formula is C24H28N4O. The Balaban J connectivity index is 1.55. The van der Waals surface area contributed by atoms with Gasteiger partial charge in [-0.15, -0.1) is 0 Å². The lowest BCUT2D eigenvalue weighted by molar-refractivity contribution is -0.121. The molecule has 3 aromatic rings. The number of rotatable bonds is 5. The lowest BCUT2D eigenvalue weighted by atomic mass is 9.98. The average Bonchev–Trinajstić information content (AvgIpc) is 3.15. The van der Waals surface area contributed by atoms with Gasteiger partial charge in [-0.2, -0.15) is 0 Å². The Labute approximate surface area is 172 Å². The van der Waals surface area contributed by atoms with Gasteiger partial charge in [0.1, 0.15) is 0 Å². The number of aryl methyl sites for hydroxylation is 2. The van der Waals surface area contributed by atoms with E-state index in [1.165, 1.54) is 5.56 Å². The number of aromatic nitrogens is 2. The van der Waals surface area contributed by atoms with Crippen LogP contribution < -0.4 is 10.2 Å². The molecule has 5 heteroatoms. The van der Waals surface area contributed by atoms with Crippen LogP contribution in [-0.4, -0.2) is 29.6 Å². The lowest BCUT2D eigenvalue weighted by Gasteiger charge is -2.26. The lowest BCUT2D eigenvalue weighted by Crippen LogP contribution is -2.33. The molecule has 1 aliphatic heterocycles. The molecule has 0 fully saturated rings. The second-order valence-corrected chi connectivity index (χ2v) is 8.04. The van der Waals surface area contributed by atoms with Crippen LogP contribution in [0, 0.1) is 6.92 Å². The molecule has 0 saturated carbocycles. The number of nitrogens with zero attached hydrogens (tertiary/aromatic N) is 3. The first-order valence-corrected chi connectivity index (χ1v) is 10.2. The van der Waals surface area contributed by atoms with Gasteiger partial charge in [0.2, 0.25) is 5.91 Å². The van der Waals surface area contributed by atoms with E-state index in [2.05, 4.69) is 46.0 Å². The molecule has 2 heterocycles. The van der Waals surface area contributed by atoms with Crippen molar-refractivity contribution in [3.63, 3.8) is 0 Å². The smallest absolute Gasteiger partial charge is 0.224 e. The fraction of sp³-hybridized carbons (Fsp3) is 0.333. The molecule has 150 valence electrons. The monoisotopic (exact) mass is 388 g/mol. The average molecular weight is 389 g/mol. The number of anilines is 1. The highest BCUT2D eigenvalue weighted by Gasteiger charge is 2.26. The molecule has 0 radical (unpaired) electrons. The van der Waals surface area contributed by atoms with Gasteiger partial charge in [-0.3, -0.25) is 4.79 Å². The third kappa shape index (κ3) is 4.19. The van der Waals surface area contributed by atoms with Crippen molar-refractivity contribution < 1.29 is 4.79 Å². The molecule has 1 amide bonds. The summed E-state index contributed by atoms with van der Waals surface area (Å²) in [5.74, 6) is 0.0578. The van der Waals surface area contributed by atoms with Gasteiger partial charge in [0.05, 0.1) is 30.2 Å². The largest absolute Gasteiger partial charge is 0.378 e. The maximum atomic E-state index is 12.7. The van der Waals surface area contributed by atoms with Crippen molar-refractivity contribution in [1.29, 1.82) is 0 Å². The minimum absolute atomic E-state index is 0.00674. The Hall–Kier alpha value is -3.08.